The van der Waals surface area contributed by atoms with Crippen molar-refractivity contribution in [2.45, 2.75) is 6.92 Å². The second-order valence-corrected chi connectivity index (χ2v) is 5.00. The minimum absolute atomic E-state index is 0.102. The maximum atomic E-state index is 13.5. The molecule has 2 rings (SSSR count). The molecular formula is C14H11BrFNO2. The number of halogens is 2. The number of phenolic OH excluding ortho intramolecular Hbond substituents is 1. The van der Waals surface area contributed by atoms with Crippen molar-refractivity contribution in [3.8, 4) is 5.75 Å². The highest BCUT2D eigenvalue weighted by molar-refractivity contribution is 9.10. The van der Waals surface area contributed by atoms with Crippen LogP contribution in [0.4, 0.5) is 10.1 Å². The van der Waals surface area contributed by atoms with Crippen LogP contribution in [0.25, 0.3) is 0 Å². The van der Waals surface area contributed by atoms with Gasteiger partial charge in [0.2, 0.25) is 0 Å². The van der Waals surface area contributed by atoms with E-state index in [1.807, 2.05) is 0 Å². The van der Waals surface area contributed by atoms with Crippen LogP contribution in [0, 0.1) is 12.7 Å². The second kappa shape index (κ2) is 5.40. The monoisotopic (exact) mass is 323 g/mol. The molecular weight excluding hydrogens is 313 g/mol. The molecule has 0 aromatic heterocycles. The molecule has 1 amide bonds. The molecule has 0 fully saturated rings. The molecule has 0 saturated heterocycles. The summed E-state index contributed by atoms with van der Waals surface area (Å²) in [6.07, 6.45) is 0. The lowest BCUT2D eigenvalue weighted by atomic mass is 10.1. The van der Waals surface area contributed by atoms with Crippen molar-refractivity contribution in [3.63, 3.8) is 0 Å². The van der Waals surface area contributed by atoms with Gasteiger partial charge in [-0.15, -0.1) is 0 Å². The molecule has 3 nitrogen and oxygen atoms in total. The lowest BCUT2D eigenvalue weighted by molar-refractivity contribution is 0.102. The standard InChI is InChI=1S/C14H11BrFNO2/c1-8-6-9(2-5-13(8)18)14(19)17-12-7-10(15)3-4-11(12)16/h2-7,18H,1H3,(H,17,19). The third-order valence-corrected chi connectivity index (χ3v) is 3.13. The highest BCUT2D eigenvalue weighted by Gasteiger charge is 2.10. The van der Waals surface area contributed by atoms with Crippen LogP contribution in [0.15, 0.2) is 40.9 Å². The second-order valence-electron chi connectivity index (χ2n) is 4.08. The van der Waals surface area contributed by atoms with Crippen LogP contribution in [-0.2, 0) is 0 Å². The summed E-state index contributed by atoms with van der Waals surface area (Å²) >= 11 is 3.21. The van der Waals surface area contributed by atoms with Crippen LogP contribution in [0.1, 0.15) is 15.9 Å². The van der Waals surface area contributed by atoms with E-state index < -0.39 is 11.7 Å². The number of nitrogens with one attached hydrogen (secondary N) is 1. The van der Waals surface area contributed by atoms with Gasteiger partial charge in [0.25, 0.3) is 5.91 Å². The Morgan fingerprint density at radius 2 is 2.00 bits per heavy atom. The predicted octanol–water partition coefficient (Wildman–Crippen LogP) is 3.85. The summed E-state index contributed by atoms with van der Waals surface area (Å²) in [5.41, 5.74) is 1.04. The van der Waals surface area contributed by atoms with E-state index in [2.05, 4.69) is 21.2 Å². The highest BCUT2D eigenvalue weighted by atomic mass is 79.9. The van der Waals surface area contributed by atoms with Crippen LogP contribution >= 0.6 is 15.9 Å². The Labute approximate surface area is 118 Å². The number of amides is 1. The highest BCUT2D eigenvalue weighted by Crippen LogP contribution is 2.22. The van der Waals surface area contributed by atoms with Gasteiger partial charge in [-0.1, -0.05) is 15.9 Å². The lowest BCUT2D eigenvalue weighted by Gasteiger charge is -2.08. The Morgan fingerprint density at radius 1 is 1.26 bits per heavy atom. The van der Waals surface area contributed by atoms with Gasteiger partial charge in [-0.3, -0.25) is 4.79 Å². The molecule has 0 saturated carbocycles. The van der Waals surface area contributed by atoms with Gasteiger partial charge in [0.05, 0.1) is 5.69 Å². The van der Waals surface area contributed by atoms with E-state index in [-0.39, 0.29) is 11.4 Å². The van der Waals surface area contributed by atoms with Gasteiger partial charge in [0.1, 0.15) is 11.6 Å². The van der Waals surface area contributed by atoms with Crippen molar-refractivity contribution in [2.24, 2.45) is 0 Å². The maximum Gasteiger partial charge on any atom is 0.255 e. The molecule has 19 heavy (non-hydrogen) atoms. The number of carbonyl (C=O) groups excluding carboxylic acids is 1. The smallest absolute Gasteiger partial charge is 0.255 e. The number of benzene rings is 2. The first kappa shape index (κ1) is 13.5. The van der Waals surface area contributed by atoms with E-state index in [0.717, 1.165) is 0 Å². The number of phenols is 1. The molecule has 0 atom stereocenters. The Balaban J connectivity index is 2.25. The molecule has 2 N–H and O–H groups in total. The number of hydrogen-bond donors (Lipinski definition) is 2. The van der Waals surface area contributed by atoms with Gasteiger partial charge in [0.15, 0.2) is 0 Å². The van der Waals surface area contributed by atoms with E-state index in [4.69, 9.17) is 0 Å². The zero-order chi connectivity index (χ0) is 14.0. The molecule has 2 aromatic rings. The van der Waals surface area contributed by atoms with E-state index in [1.165, 1.54) is 24.3 Å². The van der Waals surface area contributed by atoms with Crippen molar-refractivity contribution in [1.82, 2.24) is 0 Å². The maximum absolute atomic E-state index is 13.5. The summed E-state index contributed by atoms with van der Waals surface area (Å²) in [6.45, 7) is 1.69. The molecule has 0 spiro atoms. The fraction of sp³-hybridized carbons (Fsp3) is 0.0714. The fourth-order valence-electron chi connectivity index (χ4n) is 1.58. The normalized spacial score (nSPS) is 10.3. The summed E-state index contributed by atoms with van der Waals surface area (Å²) < 4.78 is 14.2. The average molecular weight is 324 g/mol. The van der Waals surface area contributed by atoms with E-state index in [0.29, 0.717) is 15.6 Å². The van der Waals surface area contributed by atoms with Crippen molar-refractivity contribution in [1.29, 1.82) is 0 Å². The molecule has 0 bridgehead atoms. The summed E-state index contributed by atoms with van der Waals surface area (Å²) in [6, 6.07) is 8.76. The molecule has 5 heteroatoms. The lowest BCUT2D eigenvalue weighted by Crippen LogP contribution is -2.13. The van der Waals surface area contributed by atoms with Crippen LogP contribution in [-0.4, -0.2) is 11.0 Å². The average Bonchev–Trinajstić information content (AvgIpc) is 2.37. The molecule has 0 aliphatic rings. The quantitative estimate of drug-likeness (QED) is 0.881. The summed E-state index contributed by atoms with van der Waals surface area (Å²) in [5.74, 6) is -0.822. The topological polar surface area (TPSA) is 49.3 Å². The van der Waals surface area contributed by atoms with E-state index >= 15 is 0 Å². The summed E-state index contributed by atoms with van der Waals surface area (Å²) in [5, 5.41) is 11.9. The SMILES string of the molecule is Cc1cc(C(=O)Nc2cc(Br)ccc2F)ccc1O. The van der Waals surface area contributed by atoms with Gasteiger partial charge in [-0.25, -0.2) is 4.39 Å². The van der Waals surface area contributed by atoms with Gasteiger partial charge in [-0.2, -0.15) is 0 Å². The van der Waals surface area contributed by atoms with Crippen LogP contribution in [0.3, 0.4) is 0 Å². The Hall–Kier alpha value is -1.88. The number of anilines is 1. The molecule has 0 radical (unpaired) electrons. The number of rotatable bonds is 2. The third kappa shape index (κ3) is 3.12. The Morgan fingerprint density at radius 3 is 2.68 bits per heavy atom. The van der Waals surface area contributed by atoms with E-state index in [1.54, 1.807) is 19.1 Å². The molecule has 0 aliphatic carbocycles. The molecule has 0 aliphatic heterocycles. The van der Waals surface area contributed by atoms with Crippen LogP contribution in [0.2, 0.25) is 0 Å². The zero-order valence-corrected chi connectivity index (χ0v) is 11.7. The van der Waals surface area contributed by atoms with Gasteiger partial charge < -0.3 is 10.4 Å². The molecule has 0 unspecified atom stereocenters. The Kier molecular flexibility index (Phi) is 3.85. The van der Waals surface area contributed by atoms with Crippen LogP contribution < -0.4 is 5.32 Å². The molecule has 98 valence electrons. The van der Waals surface area contributed by atoms with Gasteiger partial charge in [-0.05, 0) is 48.9 Å². The van der Waals surface area contributed by atoms with Crippen LogP contribution in [0.5, 0.6) is 5.75 Å². The number of aryl methyl sites for hydroxylation is 1. The van der Waals surface area contributed by atoms with Crippen molar-refractivity contribution in [2.75, 3.05) is 5.32 Å². The number of aromatic hydroxyl groups is 1. The third-order valence-electron chi connectivity index (χ3n) is 2.64. The van der Waals surface area contributed by atoms with E-state index in [9.17, 15) is 14.3 Å². The summed E-state index contributed by atoms with van der Waals surface area (Å²) in [4.78, 5) is 12.0. The van der Waals surface area contributed by atoms with Crippen molar-refractivity contribution < 1.29 is 14.3 Å². The minimum atomic E-state index is -0.507. The first-order valence-corrected chi connectivity index (χ1v) is 6.32. The fourth-order valence-corrected chi connectivity index (χ4v) is 1.95. The largest absolute Gasteiger partial charge is 0.508 e. The van der Waals surface area contributed by atoms with Crippen molar-refractivity contribution in [3.05, 3.63) is 57.8 Å². The zero-order valence-electron chi connectivity index (χ0n) is 10.1. The molecule has 0 heterocycles. The number of hydrogen-bond acceptors (Lipinski definition) is 2. The predicted molar refractivity (Wildman–Crippen MR) is 74.9 cm³/mol. The molecule has 2 aromatic carbocycles. The first-order chi connectivity index (χ1) is 8.97. The minimum Gasteiger partial charge on any atom is -0.508 e. The Bertz CT molecular complexity index is 643. The number of carbonyl (C=O) groups is 1. The van der Waals surface area contributed by atoms with Gasteiger partial charge >= 0.3 is 0 Å². The van der Waals surface area contributed by atoms with Gasteiger partial charge in [0, 0.05) is 10.0 Å². The summed E-state index contributed by atoms with van der Waals surface area (Å²) in [7, 11) is 0. The first-order valence-electron chi connectivity index (χ1n) is 5.53. The van der Waals surface area contributed by atoms with Crippen molar-refractivity contribution >= 4 is 27.5 Å².